The summed E-state index contributed by atoms with van der Waals surface area (Å²) < 4.78 is 77.5. The molecule has 2 aliphatic carbocycles. The molecule has 2 fully saturated rings. The Balaban J connectivity index is 2.57. The van der Waals surface area contributed by atoms with Gasteiger partial charge in [0, 0.05) is 0 Å². The minimum atomic E-state index is -5.17. The molecule has 100 valence electrons. The Bertz CT molecular complexity index is 305. The normalized spacial score (nSPS) is 46.6. The summed E-state index contributed by atoms with van der Waals surface area (Å²) in [5.74, 6) is -2.51. The molecule has 2 bridgehead atoms. The second-order valence-corrected chi connectivity index (χ2v) is 5.82. The number of hydrogen-bond donors (Lipinski definition) is 0. The molecule has 0 heterocycles. The van der Waals surface area contributed by atoms with Crippen LogP contribution in [0.25, 0.3) is 0 Å². The first-order chi connectivity index (χ1) is 7.46. The third-order valence-electron chi connectivity index (χ3n) is 3.91. The van der Waals surface area contributed by atoms with Gasteiger partial charge in [0.25, 0.3) is 0 Å². The number of halogens is 8. The Morgan fingerprint density at radius 3 is 1.29 bits per heavy atom. The molecule has 2 saturated carbocycles. The summed E-state index contributed by atoms with van der Waals surface area (Å²) in [6.45, 7) is 0. The molecule has 0 aliphatic heterocycles. The summed E-state index contributed by atoms with van der Waals surface area (Å²) in [5, 5.41) is 0. The van der Waals surface area contributed by atoms with Crippen LogP contribution in [-0.4, -0.2) is 22.1 Å². The van der Waals surface area contributed by atoms with Crippen LogP contribution < -0.4 is 0 Å². The molecule has 0 aromatic carbocycles. The van der Waals surface area contributed by atoms with E-state index in [2.05, 4.69) is 0 Å². The van der Waals surface area contributed by atoms with Crippen molar-refractivity contribution < 1.29 is 26.3 Å². The number of alkyl halides is 8. The van der Waals surface area contributed by atoms with Gasteiger partial charge in [0.15, 0.2) is 9.75 Å². The Kier molecular flexibility index (Phi) is 2.70. The van der Waals surface area contributed by atoms with Crippen LogP contribution in [0.1, 0.15) is 19.3 Å². The third-order valence-corrected chi connectivity index (χ3v) is 5.65. The highest BCUT2D eigenvalue weighted by Gasteiger charge is 2.84. The monoisotopic (exact) mass is 300 g/mol. The molecule has 0 nitrogen and oxygen atoms in total. The van der Waals surface area contributed by atoms with Gasteiger partial charge in [0.1, 0.15) is 0 Å². The van der Waals surface area contributed by atoms with Gasteiger partial charge in [-0.2, -0.15) is 26.3 Å². The van der Waals surface area contributed by atoms with Crippen molar-refractivity contribution >= 4 is 23.2 Å². The zero-order valence-corrected chi connectivity index (χ0v) is 9.81. The minimum absolute atomic E-state index is 0.0399. The average molecular weight is 301 g/mol. The van der Waals surface area contributed by atoms with E-state index in [0.29, 0.717) is 0 Å². The molecule has 2 rings (SSSR count). The summed E-state index contributed by atoms with van der Waals surface area (Å²) in [7, 11) is 0. The van der Waals surface area contributed by atoms with E-state index in [9.17, 15) is 26.3 Å². The molecule has 0 N–H and O–H groups in total. The molecule has 4 atom stereocenters. The first-order valence-electron chi connectivity index (χ1n) is 4.97. The molecule has 0 amide bonds. The maximum atomic E-state index is 12.9. The molecule has 0 saturated heterocycles. The molecule has 0 aromatic rings. The van der Waals surface area contributed by atoms with E-state index in [1.165, 1.54) is 0 Å². The fourth-order valence-electron chi connectivity index (χ4n) is 3.17. The first kappa shape index (κ1) is 13.6. The summed E-state index contributed by atoms with van der Waals surface area (Å²) in [6, 6.07) is 0. The molecular formula is C9H8Cl2F6. The van der Waals surface area contributed by atoms with E-state index in [1.54, 1.807) is 0 Å². The highest BCUT2D eigenvalue weighted by molar-refractivity contribution is 6.36. The number of rotatable bonds is 0. The van der Waals surface area contributed by atoms with Gasteiger partial charge in [-0.25, -0.2) is 0 Å². The predicted octanol–water partition coefficient (Wildman–Crippen LogP) is 4.50. The Morgan fingerprint density at radius 2 is 1.06 bits per heavy atom. The largest absolute Gasteiger partial charge is 0.409 e. The quantitative estimate of drug-likeness (QED) is 0.456. The van der Waals surface area contributed by atoms with Crippen LogP contribution in [0.4, 0.5) is 26.3 Å². The van der Waals surface area contributed by atoms with Gasteiger partial charge in [-0.3, -0.25) is 0 Å². The Morgan fingerprint density at radius 1 is 0.765 bits per heavy atom. The van der Waals surface area contributed by atoms with Crippen LogP contribution in [-0.2, 0) is 0 Å². The Hall–Kier alpha value is 0.160. The van der Waals surface area contributed by atoms with Crippen LogP contribution in [0.2, 0.25) is 0 Å². The van der Waals surface area contributed by atoms with Crippen molar-refractivity contribution in [2.75, 3.05) is 0 Å². The van der Waals surface area contributed by atoms with E-state index >= 15 is 0 Å². The van der Waals surface area contributed by atoms with Crippen molar-refractivity contribution in [1.29, 1.82) is 0 Å². The van der Waals surface area contributed by atoms with Crippen LogP contribution in [0.3, 0.4) is 0 Å². The topological polar surface area (TPSA) is 0 Å². The average Bonchev–Trinajstić information content (AvgIpc) is 2.66. The van der Waals surface area contributed by atoms with Crippen LogP contribution in [0.5, 0.6) is 0 Å². The van der Waals surface area contributed by atoms with E-state index in [1.807, 2.05) is 0 Å². The molecule has 0 radical (unpaired) electrons. The van der Waals surface area contributed by atoms with Crippen molar-refractivity contribution in [3.8, 4) is 0 Å². The molecule has 8 heteroatoms. The van der Waals surface area contributed by atoms with Crippen molar-refractivity contribution in [2.24, 2.45) is 11.8 Å². The molecule has 2 aliphatic rings. The smallest absolute Gasteiger partial charge is 0.169 e. The van der Waals surface area contributed by atoms with E-state index in [-0.39, 0.29) is 19.3 Å². The lowest BCUT2D eigenvalue weighted by Crippen LogP contribution is -2.66. The zero-order chi connectivity index (χ0) is 13.3. The van der Waals surface area contributed by atoms with Gasteiger partial charge in [-0.15, -0.1) is 23.2 Å². The third kappa shape index (κ3) is 1.40. The molecule has 4 unspecified atom stereocenters. The van der Waals surface area contributed by atoms with Gasteiger partial charge in [-0.05, 0) is 31.1 Å². The maximum Gasteiger partial charge on any atom is 0.409 e. The fourth-order valence-corrected chi connectivity index (χ4v) is 4.09. The first-order valence-corrected chi connectivity index (χ1v) is 5.73. The predicted molar refractivity (Wildman–Crippen MR) is 50.1 cm³/mol. The van der Waals surface area contributed by atoms with Gasteiger partial charge in [0.2, 0.25) is 0 Å². The van der Waals surface area contributed by atoms with E-state index in [4.69, 9.17) is 23.2 Å². The van der Waals surface area contributed by atoms with Crippen molar-refractivity contribution in [3.05, 3.63) is 0 Å². The highest BCUT2D eigenvalue weighted by atomic mass is 35.5. The van der Waals surface area contributed by atoms with Crippen LogP contribution in [0, 0.1) is 11.8 Å². The van der Waals surface area contributed by atoms with E-state index in [0.717, 1.165) is 0 Å². The molecule has 0 spiro atoms. The number of hydrogen-bond acceptors (Lipinski definition) is 0. The van der Waals surface area contributed by atoms with Crippen LogP contribution >= 0.6 is 23.2 Å². The SMILES string of the molecule is FC(F)(F)C1(Cl)C2CCC(C2)C1(Cl)C(F)(F)F. The molecule has 17 heavy (non-hydrogen) atoms. The van der Waals surface area contributed by atoms with Crippen molar-refractivity contribution in [2.45, 2.75) is 41.4 Å². The minimum Gasteiger partial charge on any atom is -0.169 e. The summed E-state index contributed by atoms with van der Waals surface area (Å²) in [6.07, 6.45) is -10.5. The Labute approximate surface area is 103 Å². The van der Waals surface area contributed by atoms with Crippen molar-refractivity contribution in [3.63, 3.8) is 0 Å². The van der Waals surface area contributed by atoms with Crippen LogP contribution in [0.15, 0.2) is 0 Å². The standard InChI is InChI=1S/C9H8Cl2F6/c10-6(8(12,13)14)4-1-2-5(3-4)7(6,11)9(15,16)17/h4-5H,1-3H2. The zero-order valence-electron chi connectivity index (χ0n) is 8.30. The number of fused-ring (bicyclic) bond motifs is 2. The molecule has 0 aromatic heterocycles. The van der Waals surface area contributed by atoms with Gasteiger partial charge in [0.05, 0.1) is 0 Å². The summed E-state index contributed by atoms with van der Waals surface area (Å²) in [4.78, 5) is -6.80. The lowest BCUT2D eigenvalue weighted by Gasteiger charge is -2.46. The summed E-state index contributed by atoms with van der Waals surface area (Å²) in [5.41, 5.74) is 0. The molecular weight excluding hydrogens is 293 g/mol. The lowest BCUT2D eigenvalue weighted by atomic mass is 9.76. The van der Waals surface area contributed by atoms with Crippen molar-refractivity contribution in [1.82, 2.24) is 0 Å². The second-order valence-electron chi connectivity index (χ2n) is 4.63. The highest BCUT2D eigenvalue weighted by Crippen LogP contribution is 2.71. The van der Waals surface area contributed by atoms with Gasteiger partial charge in [-0.1, -0.05) is 0 Å². The van der Waals surface area contributed by atoms with E-state index < -0.39 is 33.9 Å². The lowest BCUT2D eigenvalue weighted by molar-refractivity contribution is -0.241. The second kappa shape index (κ2) is 3.38. The fraction of sp³-hybridized carbons (Fsp3) is 1.00. The van der Waals surface area contributed by atoms with Gasteiger partial charge < -0.3 is 0 Å². The summed E-state index contributed by atoms with van der Waals surface area (Å²) >= 11 is 10.7. The van der Waals surface area contributed by atoms with Gasteiger partial charge >= 0.3 is 12.4 Å². The maximum absolute atomic E-state index is 12.9.